The fourth-order valence-corrected chi connectivity index (χ4v) is 2.42. The standard InChI is InChI=1S/C17H20BrNO2/c1-17(2,3)21-16(20)19-12-4-5-15(19)11-8-13-6-9-14(18)10-7-13/h6-7,9-10,15H,4-5,12H2,1-3H3. The van der Waals surface area contributed by atoms with Crippen molar-refractivity contribution in [2.24, 2.45) is 0 Å². The van der Waals surface area contributed by atoms with Gasteiger partial charge in [-0.1, -0.05) is 27.8 Å². The number of hydrogen-bond donors (Lipinski definition) is 0. The number of hydrogen-bond acceptors (Lipinski definition) is 2. The number of likely N-dealkylation sites (tertiary alicyclic amines) is 1. The lowest BCUT2D eigenvalue weighted by molar-refractivity contribution is 0.0261. The maximum Gasteiger partial charge on any atom is 0.411 e. The second-order valence-electron chi connectivity index (χ2n) is 6.11. The van der Waals surface area contributed by atoms with Gasteiger partial charge in [-0.25, -0.2) is 4.79 Å². The SMILES string of the molecule is CC(C)(C)OC(=O)N1CCCC1C#Cc1ccc(Br)cc1. The van der Waals surface area contributed by atoms with Gasteiger partial charge in [0, 0.05) is 16.6 Å². The molecule has 1 fully saturated rings. The molecule has 0 aromatic heterocycles. The van der Waals surface area contributed by atoms with Crippen LogP contribution in [0.3, 0.4) is 0 Å². The van der Waals surface area contributed by atoms with Crippen LogP contribution in [0, 0.1) is 11.8 Å². The summed E-state index contributed by atoms with van der Waals surface area (Å²) in [4.78, 5) is 13.9. The summed E-state index contributed by atoms with van der Waals surface area (Å²) in [5, 5.41) is 0. The normalized spacial score (nSPS) is 18.1. The first-order valence-electron chi connectivity index (χ1n) is 7.12. The van der Waals surface area contributed by atoms with Gasteiger partial charge in [-0.2, -0.15) is 0 Å². The van der Waals surface area contributed by atoms with E-state index in [9.17, 15) is 4.79 Å². The molecule has 0 saturated carbocycles. The summed E-state index contributed by atoms with van der Waals surface area (Å²) < 4.78 is 6.46. The van der Waals surface area contributed by atoms with Crippen LogP contribution in [0.25, 0.3) is 0 Å². The maximum atomic E-state index is 12.2. The Morgan fingerprint density at radius 2 is 2.00 bits per heavy atom. The van der Waals surface area contributed by atoms with Crippen LogP contribution in [0.1, 0.15) is 39.2 Å². The molecule has 1 aliphatic heterocycles. The topological polar surface area (TPSA) is 29.5 Å². The van der Waals surface area contributed by atoms with Crippen molar-refractivity contribution in [3.05, 3.63) is 34.3 Å². The second-order valence-corrected chi connectivity index (χ2v) is 7.02. The monoisotopic (exact) mass is 349 g/mol. The quantitative estimate of drug-likeness (QED) is 0.657. The third-order valence-corrected chi connectivity index (χ3v) is 3.64. The molecule has 0 spiro atoms. The second kappa shape index (κ2) is 6.53. The molecule has 0 N–H and O–H groups in total. The Hall–Kier alpha value is -1.47. The van der Waals surface area contributed by atoms with Crippen LogP contribution in [0.5, 0.6) is 0 Å². The Bertz CT molecular complexity index is 563. The molecule has 4 heteroatoms. The van der Waals surface area contributed by atoms with E-state index >= 15 is 0 Å². The molecule has 112 valence electrons. The number of benzene rings is 1. The van der Waals surface area contributed by atoms with Gasteiger partial charge in [-0.3, -0.25) is 4.90 Å². The molecule has 3 nitrogen and oxygen atoms in total. The molecule has 0 bridgehead atoms. The Labute approximate surface area is 134 Å². The van der Waals surface area contributed by atoms with Gasteiger partial charge in [-0.05, 0) is 57.9 Å². The van der Waals surface area contributed by atoms with Crippen LogP contribution < -0.4 is 0 Å². The van der Waals surface area contributed by atoms with Crippen LogP contribution in [0.4, 0.5) is 4.79 Å². The van der Waals surface area contributed by atoms with E-state index in [1.165, 1.54) is 0 Å². The molecule has 1 saturated heterocycles. The van der Waals surface area contributed by atoms with Crippen molar-refractivity contribution >= 4 is 22.0 Å². The first-order valence-corrected chi connectivity index (χ1v) is 7.91. The first kappa shape index (κ1) is 15.9. The minimum Gasteiger partial charge on any atom is -0.444 e. The minimum atomic E-state index is -0.469. The Balaban J connectivity index is 2.06. The van der Waals surface area contributed by atoms with Crippen LogP contribution in [-0.2, 0) is 4.74 Å². The van der Waals surface area contributed by atoms with Crippen LogP contribution in [-0.4, -0.2) is 29.2 Å². The average Bonchev–Trinajstić information content (AvgIpc) is 2.84. The number of carbonyl (C=O) groups is 1. The molecule has 1 unspecified atom stereocenters. The number of rotatable bonds is 0. The van der Waals surface area contributed by atoms with Crippen molar-refractivity contribution in [3.8, 4) is 11.8 Å². The fourth-order valence-electron chi connectivity index (χ4n) is 2.16. The number of amides is 1. The summed E-state index contributed by atoms with van der Waals surface area (Å²) in [5.41, 5.74) is 0.484. The molecule has 2 rings (SSSR count). The number of nitrogens with zero attached hydrogens (tertiary/aromatic N) is 1. The van der Waals surface area contributed by atoms with Gasteiger partial charge in [0.25, 0.3) is 0 Å². The van der Waals surface area contributed by atoms with Crippen LogP contribution in [0.2, 0.25) is 0 Å². The zero-order valence-corrected chi connectivity index (χ0v) is 14.2. The van der Waals surface area contributed by atoms with E-state index in [1.54, 1.807) is 4.90 Å². The smallest absolute Gasteiger partial charge is 0.411 e. The molecule has 1 amide bonds. The molecule has 0 aliphatic carbocycles. The van der Waals surface area contributed by atoms with E-state index in [0.717, 1.165) is 22.9 Å². The summed E-state index contributed by atoms with van der Waals surface area (Å²) in [5.74, 6) is 6.34. The molecule has 1 aromatic carbocycles. The van der Waals surface area contributed by atoms with Gasteiger partial charge < -0.3 is 4.74 Å². The van der Waals surface area contributed by atoms with Gasteiger partial charge in [0.1, 0.15) is 5.60 Å². The highest BCUT2D eigenvalue weighted by molar-refractivity contribution is 9.10. The fraction of sp³-hybridized carbons (Fsp3) is 0.471. The predicted molar refractivity (Wildman–Crippen MR) is 87.0 cm³/mol. The number of carbonyl (C=O) groups excluding carboxylic acids is 1. The minimum absolute atomic E-state index is 0.0523. The summed E-state index contributed by atoms with van der Waals surface area (Å²) >= 11 is 3.40. The third-order valence-electron chi connectivity index (χ3n) is 3.11. The molecular formula is C17H20BrNO2. The molecule has 21 heavy (non-hydrogen) atoms. The van der Waals surface area contributed by atoms with Crippen molar-refractivity contribution < 1.29 is 9.53 Å². The van der Waals surface area contributed by atoms with Crippen molar-refractivity contribution in [2.75, 3.05) is 6.54 Å². The number of halogens is 1. The molecule has 0 radical (unpaired) electrons. The lowest BCUT2D eigenvalue weighted by Gasteiger charge is -2.26. The van der Waals surface area contributed by atoms with Crippen LogP contribution >= 0.6 is 15.9 Å². The van der Waals surface area contributed by atoms with E-state index in [0.29, 0.717) is 6.54 Å². The van der Waals surface area contributed by atoms with Gasteiger partial charge in [-0.15, -0.1) is 0 Å². The highest BCUT2D eigenvalue weighted by Crippen LogP contribution is 2.20. The summed E-state index contributed by atoms with van der Waals surface area (Å²) in [7, 11) is 0. The van der Waals surface area contributed by atoms with Gasteiger partial charge in [0.15, 0.2) is 0 Å². The van der Waals surface area contributed by atoms with Crippen molar-refractivity contribution in [1.82, 2.24) is 4.90 Å². The van der Waals surface area contributed by atoms with Gasteiger partial charge in [0.05, 0.1) is 6.04 Å². The van der Waals surface area contributed by atoms with E-state index < -0.39 is 5.60 Å². The lowest BCUT2D eigenvalue weighted by Crippen LogP contribution is -2.39. The highest BCUT2D eigenvalue weighted by Gasteiger charge is 2.30. The Kier molecular flexibility index (Phi) is 4.95. The van der Waals surface area contributed by atoms with Crippen molar-refractivity contribution in [3.63, 3.8) is 0 Å². The van der Waals surface area contributed by atoms with Crippen LogP contribution in [0.15, 0.2) is 28.7 Å². The summed E-state index contributed by atoms with van der Waals surface area (Å²) in [6.07, 6.45) is 1.61. The molecule has 1 heterocycles. The maximum absolute atomic E-state index is 12.2. The zero-order chi connectivity index (χ0) is 15.5. The van der Waals surface area contributed by atoms with Crippen molar-refractivity contribution in [1.29, 1.82) is 0 Å². The molecular weight excluding hydrogens is 330 g/mol. The summed E-state index contributed by atoms with van der Waals surface area (Å²) in [6.45, 7) is 6.35. The van der Waals surface area contributed by atoms with E-state index in [2.05, 4.69) is 27.8 Å². The largest absolute Gasteiger partial charge is 0.444 e. The van der Waals surface area contributed by atoms with E-state index in [-0.39, 0.29) is 12.1 Å². The average molecular weight is 350 g/mol. The highest BCUT2D eigenvalue weighted by atomic mass is 79.9. The predicted octanol–water partition coefficient (Wildman–Crippen LogP) is 4.20. The first-order chi connectivity index (χ1) is 9.85. The summed E-state index contributed by atoms with van der Waals surface area (Å²) in [6, 6.07) is 7.80. The van der Waals surface area contributed by atoms with Gasteiger partial charge >= 0.3 is 6.09 Å². The van der Waals surface area contributed by atoms with Crippen molar-refractivity contribution in [2.45, 2.75) is 45.3 Å². The van der Waals surface area contributed by atoms with E-state index in [4.69, 9.17) is 4.74 Å². The Morgan fingerprint density at radius 3 is 2.62 bits per heavy atom. The zero-order valence-electron chi connectivity index (χ0n) is 12.6. The lowest BCUT2D eigenvalue weighted by atomic mass is 10.2. The number of ether oxygens (including phenoxy) is 1. The molecule has 1 atom stereocenters. The Morgan fingerprint density at radius 1 is 1.33 bits per heavy atom. The third kappa shape index (κ3) is 4.78. The molecule has 1 aromatic rings. The van der Waals surface area contributed by atoms with E-state index in [1.807, 2.05) is 45.0 Å². The van der Waals surface area contributed by atoms with Gasteiger partial charge in [0.2, 0.25) is 0 Å². The molecule has 1 aliphatic rings.